The number of benzene rings is 3. The summed E-state index contributed by atoms with van der Waals surface area (Å²) in [5.41, 5.74) is 4.77. The third kappa shape index (κ3) is 2.17. The molecule has 0 atom stereocenters. The zero-order chi connectivity index (χ0) is 16.0. The Kier molecular flexibility index (Phi) is 3.26. The van der Waals surface area contributed by atoms with Gasteiger partial charge in [-0.05, 0) is 41.2 Å². The number of hydrogen-bond acceptors (Lipinski definition) is 2. The standard InChI is InChI=1S/C21H20N2/c1-13(2)12-15-8-9-17-16-6-4-5-7-18(16)20-21(19(17)14(15)3)23-11-10-22-20/h4-11,13H,12H2,1-3H3. The lowest BCUT2D eigenvalue weighted by molar-refractivity contribution is 0.645. The average Bonchev–Trinajstić information content (AvgIpc) is 2.57. The van der Waals surface area contributed by atoms with E-state index in [1.165, 1.54) is 32.7 Å². The van der Waals surface area contributed by atoms with Crippen LogP contribution in [0.25, 0.3) is 32.6 Å². The number of fused-ring (bicyclic) bond motifs is 6. The third-order valence-electron chi connectivity index (χ3n) is 4.61. The van der Waals surface area contributed by atoms with E-state index in [0.717, 1.165) is 17.5 Å². The SMILES string of the molecule is Cc1c(CC(C)C)ccc2c3ccccc3c3nccnc3c12. The number of aryl methyl sites for hydroxylation is 1. The van der Waals surface area contributed by atoms with Crippen LogP contribution in [-0.2, 0) is 6.42 Å². The van der Waals surface area contributed by atoms with Crippen LogP contribution in [0.2, 0.25) is 0 Å². The van der Waals surface area contributed by atoms with Crippen molar-refractivity contribution in [1.29, 1.82) is 0 Å². The van der Waals surface area contributed by atoms with E-state index in [-0.39, 0.29) is 0 Å². The van der Waals surface area contributed by atoms with Gasteiger partial charge in [0.05, 0.1) is 11.0 Å². The molecule has 0 aliphatic rings. The zero-order valence-electron chi connectivity index (χ0n) is 13.8. The Morgan fingerprint density at radius 3 is 2.26 bits per heavy atom. The van der Waals surface area contributed by atoms with E-state index >= 15 is 0 Å². The maximum Gasteiger partial charge on any atom is 0.0974 e. The summed E-state index contributed by atoms with van der Waals surface area (Å²) in [4.78, 5) is 9.31. The fourth-order valence-corrected chi connectivity index (χ4v) is 3.59. The lowest BCUT2D eigenvalue weighted by Crippen LogP contribution is -1.99. The molecule has 4 rings (SSSR count). The van der Waals surface area contributed by atoms with E-state index in [1.54, 1.807) is 12.4 Å². The molecule has 0 saturated carbocycles. The minimum absolute atomic E-state index is 0.643. The number of hydrogen-bond donors (Lipinski definition) is 0. The molecule has 4 aromatic rings. The first kappa shape index (κ1) is 14.1. The summed E-state index contributed by atoms with van der Waals surface area (Å²) in [6, 6.07) is 13.0. The summed E-state index contributed by atoms with van der Waals surface area (Å²) in [6.07, 6.45) is 4.68. The Bertz CT molecular complexity index is 997. The molecule has 0 radical (unpaired) electrons. The fourth-order valence-electron chi connectivity index (χ4n) is 3.59. The smallest absolute Gasteiger partial charge is 0.0974 e. The van der Waals surface area contributed by atoms with E-state index in [1.807, 2.05) is 0 Å². The van der Waals surface area contributed by atoms with E-state index in [9.17, 15) is 0 Å². The molecule has 0 saturated heterocycles. The molecule has 2 heteroatoms. The molecule has 0 aliphatic carbocycles. The topological polar surface area (TPSA) is 25.8 Å². The molecule has 0 unspecified atom stereocenters. The molecule has 0 N–H and O–H groups in total. The van der Waals surface area contributed by atoms with Crippen LogP contribution in [0.5, 0.6) is 0 Å². The largest absolute Gasteiger partial charge is 0.252 e. The van der Waals surface area contributed by atoms with Crippen molar-refractivity contribution in [3.05, 3.63) is 59.9 Å². The molecule has 1 aromatic heterocycles. The van der Waals surface area contributed by atoms with Gasteiger partial charge in [0.25, 0.3) is 0 Å². The Morgan fingerprint density at radius 2 is 1.52 bits per heavy atom. The summed E-state index contributed by atoms with van der Waals surface area (Å²) < 4.78 is 0. The molecule has 3 aromatic carbocycles. The molecule has 0 spiro atoms. The van der Waals surface area contributed by atoms with Gasteiger partial charge in [-0.15, -0.1) is 0 Å². The first-order valence-electron chi connectivity index (χ1n) is 8.20. The Balaban J connectivity index is 2.23. The average molecular weight is 300 g/mol. The molecular weight excluding hydrogens is 280 g/mol. The number of aromatic nitrogens is 2. The zero-order valence-corrected chi connectivity index (χ0v) is 13.8. The third-order valence-corrected chi connectivity index (χ3v) is 4.61. The van der Waals surface area contributed by atoms with Crippen molar-refractivity contribution in [1.82, 2.24) is 9.97 Å². The lowest BCUT2D eigenvalue weighted by Gasteiger charge is -2.15. The first-order chi connectivity index (χ1) is 11.2. The quantitative estimate of drug-likeness (QED) is 0.460. The van der Waals surface area contributed by atoms with Gasteiger partial charge < -0.3 is 0 Å². The van der Waals surface area contributed by atoms with Gasteiger partial charge in [-0.25, -0.2) is 0 Å². The second-order valence-electron chi connectivity index (χ2n) is 6.67. The van der Waals surface area contributed by atoms with Crippen LogP contribution in [0.1, 0.15) is 25.0 Å². The molecule has 0 fully saturated rings. The highest BCUT2D eigenvalue weighted by atomic mass is 14.8. The predicted octanol–water partition coefficient (Wildman–Crippen LogP) is 5.44. The highest BCUT2D eigenvalue weighted by Gasteiger charge is 2.14. The molecule has 114 valence electrons. The highest BCUT2D eigenvalue weighted by molar-refractivity contribution is 6.23. The summed E-state index contributed by atoms with van der Waals surface area (Å²) >= 11 is 0. The van der Waals surface area contributed by atoms with Gasteiger partial charge >= 0.3 is 0 Å². The molecular formula is C21H20N2. The van der Waals surface area contributed by atoms with Crippen LogP contribution in [0.3, 0.4) is 0 Å². The first-order valence-corrected chi connectivity index (χ1v) is 8.20. The maximum atomic E-state index is 4.68. The molecule has 1 heterocycles. The van der Waals surface area contributed by atoms with Gasteiger partial charge in [-0.3, -0.25) is 9.97 Å². The van der Waals surface area contributed by atoms with Gasteiger partial charge in [0.2, 0.25) is 0 Å². The minimum atomic E-state index is 0.643. The monoisotopic (exact) mass is 300 g/mol. The van der Waals surface area contributed by atoms with Crippen molar-refractivity contribution in [2.75, 3.05) is 0 Å². The second kappa shape index (κ2) is 5.31. The van der Waals surface area contributed by atoms with E-state index in [0.29, 0.717) is 5.92 Å². The molecule has 0 amide bonds. The van der Waals surface area contributed by atoms with Crippen molar-refractivity contribution in [3.63, 3.8) is 0 Å². The summed E-state index contributed by atoms with van der Waals surface area (Å²) in [7, 11) is 0. The van der Waals surface area contributed by atoms with Crippen molar-refractivity contribution < 1.29 is 0 Å². The summed E-state index contributed by atoms with van der Waals surface area (Å²) in [5, 5.41) is 4.97. The van der Waals surface area contributed by atoms with Crippen LogP contribution in [0.15, 0.2) is 48.8 Å². The fraction of sp³-hybridized carbons (Fsp3) is 0.238. The lowest BCUT2D eigenvalue weighted by atomic mass is 9.91. The minimum Gasteiger partial charge on any atom is -0.252 e. The van der Waals surface area contributed by atoms with Crippen LogP contribution in [0.4, 0.5) is 0 Å². The number of nitrogens with zero attached hydrogens (tertiary/aromatic N) is 2. The molecule has 0 bridgehead atoms. The van der Waals surface area contributed by atoms with Crippen molar-refractivity contribution in [2.45, 2.75) is 27.2 Å². The maximum absolute atomic E-state index is 4.68. The molecule has 23 heavy (non-hydrogen) atoms. The van der Waals surface area contributed by atoms with Crippen molar-refractivity contribution >= 4 is 32.6 Å². The Hall–Kier alpha value is -2.48. The van der Waals surface area contributed by atoms with Crippen LogP contribution in [0, 0.1) is 12.8 Å². The van der Waals surface area contributed by atoms with E-state index < -0.39 is 0 Å². The number of rotatable bonds is 2. The normalized spacial score (nSPS) is 11.8. The van der Waals surface area contributed by atoms with Gasteiger partial charge in [0.15, 0.2) is 0 Å². The summed E-state index contributed by atoms with van der Waals surface area (Å²) in [5.74, 6) is 0.643. The van der Waals surface area contributed by atoms with Crippen LogP contribution >= 0.6 is 0 Å². The van der Waals surface area contributed by atoms with Gasteiger partial charge in [-0.2, -0.15) is 0 Å². The highest BCUT2D eigenvalue weighted by Crippen LogP contribution is 2.35. The molecule has 2 nitrogen and oxygen atoms in total. The Morgan fingerprint density at radius 1 is 0.826 bits per heavy atom. The molecule has 0 aliphatic heterocycles. The summed E-state index contributed by atoms with van der Waals surface area (Å²) in [6.45, 7) is 6.76. The van der Waals surface area contributed by atoms with Crippen LogP contribution in [-0.4, -0.2) is 9.97 Å². The van der Waals surface area contributed by atoms with Gasteiger partial charge in [0, 0.05) is 23.2 Å². The van der Waals surface area contributed by atoms with Crippen molar-refractivity contribution in [3.8, 4) is 0 Å². The van der Waals surface area contributed by atoms with Crippen LogP contribution < -0.4 is 0 Å². The second-order valence-corrected chi connectivity index (χ2v) is 6.67. The van der Waals surface area contributed by atoms with Crippen molar-refractivity contribution in [2.24, 2.45) is 5.92 Å². The Labute approximate surface area is 136 Å². The van der Waals surface area contributed by atoms with Gasteiger partial charge in [-0.1, -0.05) is 50.2 Å². The van der Waals surface area contributed by atoms with Gasteiger partial charge in [0.1, 0.15) is 0 Å². The van der Waals surface area contributed by atoms with E-state index in [2.05, 4.69) is 67.1 Å². The predicted molar refractivity (Wildman–Crippen MR) is 97.8 cm³/mol. The van der Waals surface area contributed by atoms with E-state index in [4.69, 9.17) is 0 Å².